The van der Waals surface area contributed by atoms with Gasteiger partial charge >= 0.3 is 0 Å². The summed E-state index contributed by atoms with van der Waals surface area (Å²) in [5, 5.41) is 0. The van der Waals surface area contributed by atoms with Crippen LogP contribution >= 0.6 is 0 Å². The lowest BCUT2D eigenvalue weighted by molar-refractivity contribution is 0.0977. The molecule has 29 heavy (non-hydrogen) atoms. The van der Waals surface area contributed by atoms with E-state index in [1.54, 1.807) is 24.5 Å². The molecule has 3 nitrogen and oxygen atoms in total. The predicted molar refractivity (Wildman–Crippen MR) is 116 cm³/mol. The van der Waals surface area contributed by atoms with Gasteiger partial charge in [-0.2, -0.15) is 0 Å². The number of carbonyl (C=O) groups is 1. The van der Waals surface area contributed by atoms with Crippen molar-refractivity contribution < 1.29 is 4.79 Å². The van der Waals surface area contributed by atoms with Crippen LogP contribution < -0.4 is 0 Å². The Hall–Kier alpha value is -3.59. The zero-order chi connectivity index (χ0) is 20.1. The molecule has 3 heteroatoms. The summed E-state index contributed by atoms with van der Waals surface area (Å²) in [5.41, 5.74) is 6.18. The lowest BCUT2D eigenvalue weighted by Gasteiger charge is -2.18. The van der Waals surface area contributed by atoms with Crippen LogP contribution in [0.2, 0.25) is 0 Å². The van der Waals surface area contributed by atoms with Gasteiger partial charge in [0, 0.05) is 47.8 Å². The van der Waals surface area contributed by atoms with Crippen molar-refractivity contribution >= 4 is 5.78 Å². The Morgan fingerprint density at radius 1 is 0.793 bits per heavy atom. The molecule has 4 rings (SSSR count). The highest BCUT2D eigenvalue weighted by Crippen LogP contribution is 2.31. The highest BCUT2D eigenvalue weighted by molar-refractivity contribution is 5.96. The zero-order valence-electron chi connectivity index (χ0n) is 16.3. The minimum absolute atomic E-state index is 0.00191. The molecule has 1 unspecified atom stereocenters. The Morgan fingerprint density at radius 2 is 1.45 bits per heavy atom. The van der Waals surface area contributed by atoms with Crippen LogP contribution in [-0.2, 0) is 0 Å². The van der Waals surface area contributed by atoms with Crippen molar-refractivity contribution in [2.45, 2.75) is 19.3 Å². The van der Waals surface area contributed by atoms with E-state index in [4.69, 9.17) is 0 Å². The Bertz CT molecular complexity index is 1070. The van der Waals surface area contributed by atoms with Gasteiger partial charge in [-0.3, -0.25) is 14.8 Å². The van der Waals surface area contributed by atoms with Crippen LogP contribution in [0.15, 0.2) is 97.5 Å². The van der Waals surface area contributed by atoms with E-state index in [1.165, 1.54) is 0 Å². The number of nitrogens with zero attached hydrogens (tertiary/aromatic N) is 2. The van der Waals surface area contributed by atoms with Crippen molar-refractivity contribution in [1.29, 1.82) is 0 Å². The summed E-state index contributed by atoms with van der Waals surface area (Å²) in [6.07, 6.45) is 5.63. The van der Waals surface area contributed by atoms with Crippen LogP contribution in [0.4, 0.5) is 0 Å². The molecule has 0 aliphatic heterocycles. The quantitative estimate of drug-likeness (QED) is 0.395. The number of carbonyl (C=O) groups excluding carboxylic acids is 1. The van der Waals surface area contributed by atoms with E-state index in [-0.39, 0.29) is 11.7 Å². The summed E-state index contributed by atoms with van der Waals surface area (Å²) < 4.78 is 0. The Balaban J connectivity index is 1.64. The molecule has 2 aromatic heterocycles. The van der Waals surface area contributed by atoms with Crippen molar-refractivity contribution in [1.82, 2.24) is 9.97 Å². The third-order valence-corrected chi connectivity index (χ3v) is 5.15. The average molecular weight is 378 g/mol. The van der Waals surface area contributed by atoms with Crippen molar-refractivity contribution in [2.24, 2.45) is 0 Å². The smallest absolute Gasteiger partial charge is 0.163 e. The molecule has 0 saturated carbocycles. The summed E-state index contributed by atoms with van der Waals surface area (Å²) >= 11 is 0. The third-order valence-electron chi connectivity index (χ3n) is 5.15. The molecule has 2 aromatic carbocycles. The second-order valence-electron chi connectivity index (χ2n) is 7.14. The summed E-state index contributed by atoms with van der Waals surface area (Å²) in [7, 11) is 0. The van der Waals surface area contributed by atoms with Gasteiger partial charge in [-0.1, -0.05) is 60.7 Å². The fourth-order valence-corrected chi connectivity index (χ4v) is 3.50. The second kappa shape index (κ2) is 8.61. The van der Waals surface area contributed by atoms with Crippen LogP contribution in [-0.4, -0.2) is 15.8 Å². The van der Waals surface area contributed by atoms with Gasteiger partial charge in [-0.15, -0.1) is 0 Å². The summed E-state index contributed by atoms with van der Waals surface area (Å²) in [6, 6.07) is 26.3. The van der Waals surface area contributed by atoms with E-state index in [0.717, 1.165) is 27.9 Å². The maximum atomic E-state index is 12.9. The lowest BCUT2D eigenvalue weighted by atomic mass is 9.85. The Morgan fingerprint density at radius 3 is 2.10 bits per heavy atom. The van der Waals surface area contributed by atoms with E-state index < -0.39 is 0 Å². The molecular weight excluding hydrogens is 356 g/mol. The van der Waals surface area contributed by atoms with E-state index in [0.29, 0.717) is 12.0 Å². The van der Waals surface area contributed by atoms with Crippen molar-refractivity contribution in [3.8, 4) is 11.1 Å². The molecule has 4 aromatic rings. The number of rotatable bonds is 6. The molecule has 1 atom stereocenters. The van der Waals surface area contributed by atoms with E-state index >= 15 is 0 Å². The fraction of sp³-hybridized carbons (Fsp3) is 0.115. The van der Waals surface area contributed by atoms with Crippen molar-refractivity contribution in [2.75, 3.05) is 0 Å². The molecule has 2 heterocycles. The van der Waals surface area contributed by atoms with Crippen molar-refractivity contribution in [3.63, 3.8) is 0 Å². The van der Waals surface area contributed by atoms with Gasteiger partial charge < -0.3 is 0 Å². The van der Waals surface area contributed by atoms with Crippen LogP contribution in [0.25, 0.3) is 11.1 Å². The average Bonchev–Trinajstić information content (AvgIpc) is 2.79. The minimum Gasteiger partial charge on any atom is -0.294 e. The van der Waals surface area contributed by atoms with Crippen LogP contribution in [0, 0.1) is 6.92 Å². The number of benzene rings is 2. The van der Waals surface area contributed by atoms with E-state index in [1.807, 2.05) is 37.4 Å². The van der Waals surface area contributed by atoms with Gasteiger partial charge in [-0.25, -0.2) is 0 Å². The molecule has 0 saturated heterocycles. The standard InChI is InChI=1S/C26H22N2O/c1-19-7-8-24(18-28-19)20-9-11-22(12-10-20)25(21-5-3-2-4-6-21)17-26(29)23-13-15-27-16-14-23/h2-16,18,25H,17H2,1H3. The monoisotopic (exact) mass is 378 g/mol. The van der Waals surface area contributed by atoms with E-state index in [9.17, 15) is 4.79 Å². The van der Waals surface area contributed by atoms with E-state index in [2.05, 4.69) is 52.4 Å². The largest absolute Gasteiger partial charge is 0.294 e. The highest BCUT2D eigenvalue weighted by Gasteiger charge is 2.19. The number of pyridine rings is 2. The normalized spacial score (nSPS) is 11.8. The van der Waals surface area contributed by atoms with Gasteiger partial charge in [0.15, 0.2) is 5.78 Å². The zero-order valence-corrected chi connectivity index (χ0v) is 16.3. The molecular formula is C26H22N2O. The first-order chi connectivity index (χ1) is 14.2. The molecule has 0 spiro atoms. The van der Waals surface area contributed by atoms with Crippen LogP contribution in [0.5, 0.6) is 0 Å². The Labute approximate surface area is 171 Å². The van der Waals surface area contributed by atoms with Gasteiger partial charge in [0.1, 0.15) is 0 Å². The lowest BCUT2D eigenvalue weighted by Crippen LogP contribution is -2.09. The maximum Gasteiger partial charge on any atom is 0.163 e. The van der Waals surface area contributed by atoms with Crippen LogP contribution in [0.3, 0.4) is 0 Å². The number of hydrogen-bond donors (Lipinski definition) is 0. The molecule has 0 amide bonds. The summed E-state index contributed by atoms with van der Waals surface area (Å²) in [6.45, 7) is 1.98. The third kappa shape index (κ3) is 4.46. The number of aromatic nitrogens is 2. The SMILES string of the molecule is Cc1ccc(-c2ccc(C(CC(=O)c3ccncc3)c3ccccc3)cc2)cn1. The number of ketones is 1. The highest BCUT2D eigenvalue weighted by atomic mass is 16.1. The molecule has 0 aliphatic rings. The fourth-order valence-electron chi connectivity index (χ4n) is 3.50. The predicted octanol–water partition coefficient (Wildman–Crippen LogP) is 5.86. The molecule has 0 aliphatic carbocycles. The van der Waals surface area contributed by atoms with Gasteiger partial charge in [0.2, 0.25) is 0 Å². The van der Waals surface area contributed by atoms with Gasteiger partial charge in [-0.05, 0) is 41.8 Å². The molecule has 0 radical (unpaired) electrons. The molecule has 0 N–H and O–H groups in total. The minimum atomic E-state index is 0.00191. The number of aryl methyl sites for hydroxylation is 1. The number of hydrogen-bond acceptors (Lipinski definition) is 3. The summed E-state index contributed by atoms with van der Waals surface area (Å²) in [5.74, 6) is 0.120. The molecule has 0 bridgehead atoms. The first kappa shape index (κ1) is 18.8. The topological polar surface area (TPSA) is 42.9 Å². The summed E-state index contributed by atoms with van der Waals surface area (Å²) in [4.78, 5) is 21.3. The molecule has 0 fully saturated rings. The number of Topliss-reactive ketones (excluding diaryl/α,β-unsaturated/α-hetero) is 1. The van der Waals surface area contributed by atoms with Gasteiger partial charge in [0.25, 0.3) is 0 Å². The van der Waals surface area contributed by atoms with Crippen molar-refractivity contribution in [3.05, 3.63) is 120 Å². The Kier molecular flexibility index (Phi) is 5.57. The maximum absolute atomic E-state index is 12.9. The second-order valence-corrected chi connectivity index (χ2v) is 7.14. The first-order valence-electron chi connectivity index (χ1n) is 9.72. The van der Waals surface area contributed by atoms with Crippen LogP contribution in [0.1, 0.15) is 39.5 Å². The first-order valence-corrected chi connectivity index (χ1v) is 9.72. The molecule has 142 valence electrons. The van der Waals surface area contributed by atoms with Gasteiger partial charge in [0.05, 0.1) is 0 Å².